The van der Waals surface area contributed by atoms with Crippen molar-refractivity contribution in [2.75, 3.05) is 0 Å². The summed E-state index contributed by atoms with van der Waals surface area (Å²) in [7, 11) is 0. The van der Waals surface area contributed by atoms with Crippen LogP contribution in [0.5, 0.6) is 0 Å². The molecule has 0 atom stereocenters. The molecule has 62 heavy (non-hydrogen) atoms. The summed E-state index contributed by atoms with van der Waals surface area (Å²) in [4.78, 5) is 20.5. The number of pyridine rings is 1. The quantitative estimate of drug-likeness (QED) is 0.163. The molecule has 0 radical (unpaired) electrons. The van der Waals surface area contributed by atoms with Crippen molar-refractivity contribution in [3.8, 4) is 45.5 Å². The van der Waals surface area contributed by atoms with Crippen LogP contribution in [-0.4, -0.2) is 29.1 Å². The molecule has 0 fully saturated rings. The Balaban J connectivity index is 1.11. The van der Waals surface area contributed by atoms with Gasteiger partial charge in [-0.2, -0.15) is 9.97 Å². The van der Waals surface area contributed by atoms with Gasteiger partial charge < -0.3 is 4.57 Å². The smallest absolute Gasteiger partial charge is 0.238 e. The number of aromatic nitrogens is 6. The number of para-hydroxylation sites is 4. The summed E-state index contributed by atoms with van der Waals surface area (Å²) in [6.45, 7) is 0. The molecule has 0 N–H and O–H groups in total. The molecule has 0 aliphatic rings. The Labute approximate surface area is 355 Å². The molecule has 13 aromatic rings. The Hall–Kier alpha value is -8.48. The van der Waals surface area contributed by atoms with Crippen LogP contribution in [0.25, 0.3) is 122 Å². The number of hydrogen-bond donors (Lipinski definition) is 0. The van der Waals surface area contributed by atoms with Gasteiger partial charge >= 0.3 is 0 Å². The lowest BCUT2D eigenvalue weighted by Crippen LogP contribution is -2.06. The van der Waals surface area contributed by atoms with Crippen LogP contribution < -0.4 is 0 Å². The molecule has 4 heterocycles. The van der Waals surface area contributed by atoms with E-state index < -0.39 is 0 Å². The molecule has 0 spiro atoms. The summed E-state index contributed by atoms with van der Waals surface area (Å²) >= 11 is 0. The molecule has 0 saturated heterocycles. The van der Waals surface area contributed by atoms with Crippen LogP contribution in [0.2, 0.25) is 0 Å². The Morgan fingerprint density at radius 1 is 0.339 bits per heavy atom. The Kier molecular flexibility index (Phi) is 7.50. The highest BCUT2D eigenvalue weighted by Gasteiger charge is 2.21. The lowest BCUT2D eigenvalue weighted by atomic mass is 9.91. The minimum atomic E-state index is 0.565. The van der Waals surface area contributed by atoms with Gasteiger partial charge in [0.1, 0.15) is 0 Å². The maximum absolute atomic E-state index is 5.20. The minimum absolute atomic E-state index is 0.565. The number of rotatable bonds is 5. The van der Waals surface area contributed by atoms with Gasteiger partial charge in [0.2, 0.25) is 5.95 Å². The van der Waals surface area contributed by atoms with Crippen LogP contribution in [0.15, 0.2) is 206 Å². The van der Waals surface area contributed by atoms with Gasteiger partial charge in [0, 0.05) is 60.7 Å². The van der Waals surface area contributed by atoms with Crippen molar-refractivity contribution in [1.29, 1.82) is 0 Å². The van der Waals surface area contributed by atoms with Crippen molar-refractivity contribution in [2.24, 2.45) is 0 Å². The van der Waals surface area contributed by atoms with E-state index in [9.17, 15) is 0 Å². The summed E-state index contributed by atoms with van der Waals surface area (Å²) in [5.74, 6) is 1.81. The molecule has 6 heteroatoms. The normalized spacial score (nSPS) is 11.9. The number of hydrogen-bond acceptors (Lipinski definition) is 4. The van der Waals surface area contributed by atoms with Gasteiger partial charge in [-0.05, 0) is 76.5 Å². The van der Waals surface area contributed by atoms with E-state index in [4.69, 9.17) is 19.9 Å². The Morgan fingerprint density at radius 3 is 1.61 bits per heavy atom. The molecule has 0 saturated carbocycles. The van der Waals surface area contributed by atoms with Gasteiger partial charge in [0.15, 0.2) is 11.6 Å². The highest BCUT2D eigenvalue weighted by molar-refractivity contribution is 6.25. The van der Waals surface area contributed by atoms with Crippen molar-refractivity contribution in [2.45, 2.75) is 0 Å². The number of fused-ring (bicyclic) bond motifs is 11. The van der Waals surface area contributed by atoms with Gasteiger partial charge in [0.05, 0.1) is 27.6 Å². The van der Waals surface area contributed by atoms with Crippen LogP contribution in [0.1, 0.15) is 0 Å². The van der Waals surface area contributed by atoms with Crippen molar-refractivity contribution in [3.05, 3.63) is 206 Å². The monoisotopic (exact) mass is 790 g/mol. The highest BCUT2D eigenvalue weighted by atomic mass is 15.2. The Bertz CT molecular complexity index is 3850. The van der Waals surface area contributed by atoms with Gasteiger partial charge in [-0.3, -0.25) is 9.55 Å². The molecule has 0 aliphatic heterocycles. The zero-order valence-electron chi connectivity index (χ0n) is 33.3. The van der Waals surface area contributed by atoms with E-state index >= 15 is 0 Å². The largest absolute Gasteiger partial charge is 0.309 e. The molecular formula is C56H34N6. The summed E-state index contributed by atoms with van der Waals surface area (Å²) < 4.78 is 4.60. The third kappa shape index (κ3) is 5.23. The molecule has 6 nitrogen and oxygen atoms in total. The topological polar surface area (TPSA) is 61.4 Å². The molecule has 0 unspecified atom stereocenters. The summed E-state index contributed by atoms with van der Waals surface area (Å²) in [5.41, 5.74) is 10.7. The van der Waals surface area contributed by atoms with Gasteiger partial charge in [0.25, 0.3) is 0 Å². The zero-order valence-corrected chi connectivity index (χ0v) is 33.3. The van der Waals surface area contributed by atoms with E-state index in [0.29, 0.717) is 17.6 Å². The molecule has 0 aliphatic carbocycles. The molecule has 13 rings (SSSR count). The SMILES string of the molecule is c1ccc(-c2nc(-c3ccccc3)nc(-n3c4ccccc4c4cc5cc(-c6ccc7c8ccccc8n(-c8ccccc8)c7c6)c6c7ccccc7ncc6c5cc43)n2)cc1. The number of nitrogens with zero attached hydrogens (tertiary/aromatic N) is 6. The zero-order chi connectivity index (χ0) is 40.7. The fourth-order valence-electron chi connectivity index (χ4n) is 9.58. The lowest BCUT2D eigenvalue weighted by Gasteiger charge is -2.15. The summed E-state index contributed by atoms with van der Waals surface area (Å²) in [5, 5.41) is 10.3. The van der Waals surface area contributed by atoms with Crippen molar-refractivity contribution < 1.29 is 0 Å². The van der Waals surface area contributed by atoms with E-state index in [1.807, 2.05) is 60.7 Å². The summed E-state index contributed by atoms with van der Waals surface area (Å²) in [6, 6.07) is 70.7. The lowest BCUT2D eigenvalue weighted by molar-refractivity contribution is 0.954. The predicted molar refractivity (Wildman–Crippen MR) is 255 cm³/mol. The molecule has 0 bridgehead atoms. The fourth-order valence-corrected chi connectivity index (χ4v) is 9.58. The van der Waals surface area contributed by atoms with Gasteiger partial charge in [-0.1, -0.05) is 146 Å². The summed E-state index contributed by atoms with van der Waals surface area (Å²) in [6.07, 6.45) is 2.06. The highest BCUT2D eigenvalue weighted by Crippen LogP contribution is 2.43. The second-order valence-corrected chi connectivity index (χ2v) is 15.9. The second kappa shape index (κ2) is 13.5. The minimum Gasteiger partial charge on any atom is -0.309 e. The maximum atomic E-state index is 5.20. The molecule has 4 aromatic heterocycles. The van der Waals surface area contributed by atoms with E-state index in [-0.39, 0.29) is 0 Å². The first kappa shape index (κ1) is 34.4. The first-order valence-electron chi connectivity index (χ1n) is 20.9. The third-order valence-corrected chi connectivity index (χ3v) is 12.4. The third-order valence-electron chi connectivity index (χ3n) is 12.4. The van der Waals surface area contributed by atoms with Crippen LogP contribution in [0, 0.1) is 0 Å². The first-order chi connectivity index (χ1) is 30.7. The van der Waals surface area contributed by atoms with E-state index in [0.717, 1.165) is 71.2 Å². The average molecular weight is 791 g/mol. The predicted octanol–water partition coefficient (Wildman–Crippen LogP) is 13.9. The molecule has 9 aromatic carbocycles. The van der Waals surface area contributed by atoms with Gasteiger partial charge in [-0.15, -0.1) is 0 Å². The van der Waals surface area contributed by atoms with Crippen LogP contribution in [-0.2, 0) is 0 Å². The van der Waals surface area contributed by atoms with Crippen LogP contribution >= 0.6 is 0 Å². The fraction of sp³-hybridized carbons (Fsp3) is 0. The van der Waals surface area contributed by atoms with Crippen LogP contribution in [0.4, 0.5) is 0 Å². The Morgan fingerprint density at radius 2 is 0.903 bits per heavy atom. The molecule has 0 amide bonds. The second-order valence-electron chi connectivity index (χ2n) is 15.9. The van der Waals surface area contributed by atoms with E-state index in [1.54, 1.807) is 0 Å². The van der Waals surface area contributed by atoms with E-state index in [1.165, 1.54) is 32.8 Å². The molecular weight excluding hydrogens is 757 g/mol. The standard InChI is InChI=1S/C56H34N6/c1-4-16-35(17-5-1)54-58-55(36-18-6-2-7-19-36)60-56(59-54)62-50-27-15-12-23-41(50)46-31-38-30-45(53-43-24-10-13-25-48(43)57-34-47(53)44(38)33-52(46)62)37-28-29-42-40-22-11-14-26-49(40)61(51(42)32-37)39-20-8-3-9-21-39/h1-34H. The van der Waals surface area contributed by atoms with Gasteiger partial charge in [-0.25, -0.2) is 4.98 Å². The average Bonchev–Trinajstić information content (AvgIpc) is 3.85. The van der Waals surface area contributed by atoms with Crippen molar-refractivity contribution in [3.63, 3.8) is 0 Å². The van der Waals surface area contributed by atoms with E-state index in [2.05, 4.69) is 155 Å². The van der Waals surface area contributed by atoms with Crippen molar-refractivity contribution >= 4 is 76.1 Å². The van der Waals surface area contributed by atoms with Crippen molar-refractivity contribution in [1.82, 2.24) is 29.1 Å². The number of benzene rings is 9. The van der Waals surface area contributed by atoms with Crippen LogP contribution in [0.3, 0.4) is 0 Å². The molecule has 288 valence electrons. The first-order valence-corrected chi connectivity index (χ1v) is 20.9. The maximum Gasteiger partial charge on any atom is 0.238 e.